The quantitative estimate of drug-likeness (QED) is 0.447. The van der Waals surface area contributed by atoms with Gasteiger partial charge in [-0.05, 0) is 44.2 Å². The Kier molecular flexibility index (Phi) is 7.53. The van der Waals surface area contributed by atoms with Gasteiger partial charge in [0, 0.05) is 45.1 Å². The number of hydrogen-bond donors (Lipinski definition) is 3. The molecular weight excluding hydrogens is 426 g/mol. The van der Waals surface area contributed by atoms with E-state index in [1.165, 1.54) is 26.5 Å². The summed E-state index contributed by atoms with van der Waals surface area (Å²) in [5, 5.41) is 6.64. The lowest BCUT2D eigenvalue weighted by molar-refractivity contribution is -0.893. The fraction of sp³-hybridized carbons (Fsp3) is 0.250. The summed E-state index contributed by atoms with van der Waals surface area (Å²) >= 11 is 1.74. The molecule has 1 unspecified atom stereocenters. The van der Waals surface area contributed by atoms with Crippen LogP contribution in [0.1, 0.15) is 40.4 Å². The van der Waals surface area contributed by atoms with E-state index in [1.807, 2.05) is 31.2 Å². The van der Waals surface area contributed by atoms with Crippen LogP contribution < -0.4 is 15.5 Å². The van der Waals surface area contributed by atoms with Gasteiger partial charge in [-0.1, -0.05) is 59.8 Å². The molecule has 1 amide bonds. The van der Waals surface area contributed by atoms with Crippen molar-refractivity contribution in [3.8, 4) is 0 Å². The largest absolute Gasteiger partial charge is 0.354 e. The highest BCUT2D eigenvalue weighted by molar-refractivity contribution is 7.99. The molecule has 1 atom stereocenters. The average molecular weight is 459 g/mol. The molecular formula is C28H32N3OS+. The molecule has 0 aliphatic carbocycles. The van der Waals surface area contributed by atoms with Crippen molar-refractivity contribution in [2.45, 2.75) is 36.6 Å². The molecule has 0 radical (unpaired) electrons. The molecule has 3 aromatic rings. The van der Waals surface area contributed by atoms with E-state index in [0.29, 0.717) is 12.1 Å². The van der Waals surface area contributed by atoms with Gasteiger partial charge in [-0.2, -0.15) is 0 Å². The third-order valence-electron chi connectivity index (χ3n) is 5.86. The number of anilines is 1. The van der Waals surface area contributed by atoms with E-state index in [4.69, 9.17) is 0 Å². The summed E-state index contributed by atoms with van der Waals surface area (Å²) in [6, 6.07) is 23.0. The monoisotopic (exact) mass is 458 g/mol. The third-order valence-corrected chi connectivity index (χ3v) is 7.01. The van der Waals surface area contributed by atoms with Crippen LogP contribution in [-0.2, 0) is 6.54 Å². The number of amides is 1. The molecule has 0 spiro atoms. The van der Waals surface area contributed by atoms with E-state index in [0.717, 1.165) is 35.8 Å². The summed E-state index contributed by atoms with van der Waals surface area (Å²) in [4.78, 5) is 16.6. The van der Waals surface area contributed by atoms with Gasteiger partial charge in [0.2, 0.25) is 0 Å². The van der Waals surface area contributed by atoms with Crippen molar-refractivity contribution in [3.63, 3.8) is 0 Å². The smallest absolute Gasteiger partial charge is 0.251 e. The third kappa shape index (κ3) is 5.86. The molecule has 0 aromatic heterocycles. The topological polar surface area (TPSA) is 45.6 Å². The molecule has 3 aromatic carbocycles. The fourth-order valence-corrected chi connectivity index (χ4v) is 5.09. The first-order chi connectivity index (χ1) is 16.0. The summed E-state index contributed by atoms with van der Waals surface area (Å²) in [6.07, 6.45) is 3.04. The lowest BCUT2D eigenvalue weighted by Gasteiger charge is -2.15. The zero-order chi connectivity index (χ0) is 23.2. The van der Waals surface area contributed by atoms with Crippen molar-refractivity contribution in [1.29, 1.82) is 0 Å². The summed E-state index contributed by atoms with van der Waals surface area (Å²) in [5.41, 5.74) is 6.50. The Morgan fingerprint density at radius 2 is 1.85 bits per heavy atom. The number of nitrogens with one attached hydrogen (secondary N) is 3. The number of hydrogen-bond acceptors (Lipinski definition) is 3. The maximum Gasteiger partial charge on any atom is 0.251 e. The standard InChI is InChI=1S/C28H31N3OS/c1-4-24-23-17-20(2)11-13-26(23)33-27-14-12-22(18-25(27)30-24)28(32)29-15-8-16-31(3)19-21-9-6-5-7-10-21/h4-7,9-14,17-18,30H,8,15-16,19H2,1-3H3,(H,29,32)/p+1. The van der Waals surface area contributed by atoms with Gasteiger partial charge in [0.25, 0.3) is 5.91 Å². The molecule has 1 aliphatic rings. The van der Waals surface area contributed by atoms with Crippen LogP contribution in [0, 0.1) is 6.92 Å². The van der Waals surface area contributed by atoms with Crippen molar-refractivity contribution in [2.24, 2.45) is 0 Å². The number of quaternary nitrogens is 1. The van der Waals surface area contributed by atoms with Gasteiger partial charge >= 0.3 is 0 Å². The first-order valence-electron chi connectivity index (χ1n) is 11.5. The molecule has 1 aliphatic heterocycles. The highest BCUT2D eigenvalue weighted by atomic mass is 32.2. The first-order valence-corrected chi connectivity index (χ1v) is 12.3. The maximum atomic E-state index is 12.8. The average Bonchev–Trinajstić information content (AvgIpc) is 2.98. The van der Waals surface area contributed by atoms with Crippen molar-refractivity contribution >= 4 is 29.1 Å². The number of benzene rings is 3. The van der Waals surface area contributed by atoms with Crippen LogP contribution in [0.3, 0.4) is 0 Å². The first kappa shape index (κ1) is 23.1. The summed E-state index contributed by atoms with van der Waals surface area (Å²) in [5.74, 6) is -0.0232. The second kappa shape index (κ2) is 10.7. The van der Waals surface area contributed by atoms with Crippen LogP contribution in [0.5, 0.6) is 0 Å². The van der Waals surface area contributed by atoms with Gasteiger partial charge in [0.15, 0.2) is 0 Å². The lowest BCUT2D eigenvalue weighted by Crippen LogP contribution is -3.07. The highest BCUT2D eigenvalue weighted by Gasteiger charge is 2.19. The number of carbonyl (C=O) groups is 1. The molecule has 4 nitrogen and oxygen atoms in total. The lowest BCUT2D eigenvalue weighted by atomic mass is 10.1. The summed E-state index contributed by atoms with van der Waals surface area (Å²) in [7, 11) is 2.20. The molecule has 0 fully saturated rings. The molecule has 0 saturated heterocycles. The van der Waals surface area contributed by atoms with Gasteiger partial charge in [0.1, 0.15) is 6.54 Å². The van der Waals surface area contributed by atoms with Gasteiger partial charge in [0.05, 0.1) is 19.3 Å². The number of allylic oxidation sites excluding steroid dienone is 1. The molecule has 4 rings (SSSR count). The van der Waals surface area contributed by atoms with Crippen LogP contribution in [0.15, 0.2) is 82.6 Å². The molecule has 5 heteroatoms. The van der Waals surface area contributed by atoms with Gasteiger partial charge in [-0.25, -0.2) is 0 Å². The van der Waals surface area contributed by atoms with Gasteiger partial charge in [-0.15, -0.1) is 0 Å². The van der Waals surface area contributed by atoms with E-state index >= 15 is 0 Å². The Bertz CT molecular complexity index is 1160. The number of carbonyl (C=O) groups excluding carboxylic acids is 1. The zero-order valence-electron chi connectivity index (χ0n) is 19.6. The van der Waals surface area contributed by atoms with Crippen molar-refractivity contribution in [3.05, 3.63) is 95.1 Å². The number of fused-ring (bicyclic) bond motifs is 2. The fourth-order valence-electron chi connectivity index (χ4n) is 4.09. The van der Waals surface area contributed by atoms with Crippen molar-refractivity contribution < 1.29 is 9.69 Å². The Morgan fingerprint density at radius 1 is 1.06 bits per heavy atom. The van der Waals surface area contributed by atoms with E-state index in [2.05, 4.69) is 73.1 Å². The second-order valence-electron chi connectivity index (χ2n) is 8.62. The SMILES string of the molecule is CC=C1Nc2cc(C(=O)NCCC[NH+](C)Cc3ccccc3)ccc2Sc2ccc(C)cc21. The summed E-state index contributed by atoms with van der Waals surface area (Å²) < 4.78 is 0. The van der Waals surface area contributed by atoms with Crippen LogP contribution in [-0.4, -0.2) is 26.0 Å². The minimum Gasteiger partial charge on any atom is -0.354 e. The Morgan fingerprint density at radius 3 is 2.64 bits per heavy atom. The molecule has 3 N–H and O–H groups in total. The van der Waals surface area contributed by atoms with E-state index in [-0.39, 0.29) is 5.91 Å². The van der Waals surface area contributed by atoms with Crippen LogP contribution in [0.4, 0.5) is 5.69 Å². The van der Waals surface area contributed by atoms with Crippen LogP contribution in [0.25, 0.3) is 5.70 Å². The van der Waals surface area contributed by atoms with Gasteiger partial charge in [-0.3, -0.25) is 4.79 Å². The minimum atomic E-state index is -0.0232. The van der Waals surface area contributed by atoms with Crippen LogP contribution in [0.2, 0.25) is 0 Å². The molecule has 33 heavy (non-hydrogen) atoms. The molecule has 0 bridgehead atoms. The van der Waals surface area contributed by atoms with Crippen molar-refractivity contribution in [2.75, 3.05) is 25.5 Å². The Hall–Kier alpha value is -3.02. The number of aryl methyl sites for hydroxylation is 1. The minimum absolute atomic E-state index is 0.0232. The van der Waals surface area contributed by atoms with E-state index in [1.54, 1.807) is 11.8 Å². The Labute approximate surface area is 201 Å². The van der Waals surface area contributed by atoms with Crippen molar-refractivity contribution in [1.82, 2.24) is 5.32 Å². The van der Waals surface area contributed by atoms with E-state index < -0.39 is 0 Å². The van der Waals surface area contributed by atoms with Crippen LogP contribution >= 0.6 is 11.8 Å². The number of rotatable bonds is 7. The highest BCUT2D eigenvalue weighted by Crippen LogP contribution is 2.42. The predicted octanol–water partition coefficient (Wildman–Crippen LogP) is 4.77. The molecule has 0 saturated carbocycles. The Balaban J connectivity index is 1.35. The normalized spacial score (nSPS) is 14.6. The second-order valence-corrected chi connectivity index (χ2v) is 9.70. The maximum absolute atomic E-state index is 12.8. The van der Waals surface area contributed by atoms with Gasteiger partial charge < -0.3 is 15.5 Å². The predicted molar refractivity (Wildman–Crippen MR) is 138 cm³/mol. The molecule has 170 valence electrons. The summed E-state index contributed by atoms with van der Waals surface area (Å²) in [6.45, 7) is 6.84. The zero-order valence-corrected chi connectivity index (χ0v) is 20.4. The molecule has 1 heterocycles. The van der Waals surface area contributed by atoms with E-state index in [9.17, 15) is 4.79 Å².